The van der Waals surface area contributed by atoms with Gasteiger partial charge in [-0.25, -0.2) is 9.18 Å². The van der Waals surface area contributed by atoms with E-state index in [0.29, 0.717) is 5.56 Å². The summed E-state index contributed by atoms with van der Waals surface area (Å²) in [6.45, 7) is 6.86. The third-order valence-corrected chi connectivity index (χ3v) is 2.67. The lowest BCUT2D eigenvalue weighted by Gasteiger charge is -2.22. The van der Waals surface area contributed by atoms with Crippen LogP contribution in [0.5, 0.6) is 0 Å². The predicted molar refractivity (Wildman–Crippen MR) is 77.2 cm³/mol. The van der Waals surface area contributed by atoms with Gasteiger partial charge in [0.1, 0.15) is 17.5 Å². The molecule has 0 spiro atoms. The number of benzene rings is 1. The van der Waals surface area contributed by atoms with Crippen molar-refractivity contribution in [2.24, 2.45) is 5.73 Å². The second-order valence-corrected chi connectivity index (χ2v) is 5.90. The lowest BCUT2D eigenvalue weighted by molar-refractivity contribution is -0.120. The molecule has 1 rings (SSSR count). The van der Waals surface area contributed by atoms with Crippen molar-refractivity contribution in [3.8, 4) is 0 Å². The van der Waals surface area contributed by atoms with Gasteiger partial charge in [-0.3, -0.25) is 4.79 Å². The molecule has 0 saturated carbocycles. The summed E-state index contributed by atoms with van der Waals surface area (Å²) in [5.41, 5.74) is 5.63. The highest BCUT2D eigenvalue weighted by Gasteiger charge is 2.23. The molecule has 1 aromatic rings. The Balaban J connectivity index is 2.79. The SMILES string of the molecule is Cc1ccc(C[C@H](NC(=O)OC(C)(C)C)C(N)=O)c(F)c1. The molecule has 5 nitrogen and oxygen atoms in total. The first kappa shape index (κ1) is 16.9. The van der Waals surface area contributed by atoms with Crippen LogP contribution in [0.1, 0.15) is 31.9 Å². The van der Waals surface area contributed by atoms with E-state index in [1.54, 1.807) is 39.8 Å². The lowest BCUT2D eigenvalue weighted by Crippen LogP contribution is -2.47. The Kier molecular flexibility index (Phi) is 5.29. The van der Waals surface area contributed by atoms with Gasteiger partial charge in [0.2, 0.25) is 5.91 Å². The molecule has 0 aliphatic heterocycles. The lowest BCUT2D eigenvalue weighted by atomic mass is 10.0. The molecule has 0 radical (unpaired) electrons. The summed E-state index contributed by atoms with van der Waals surface area (Å²) in [6.07, 6.45) is -0.792. The van der Waals surface area contributed by atoms with Gasteiger partial charge in [0, 0.05) is 6.42 Å². The number of halogens is 1. The van der Waals surface area contributed by atoms with Gasteiger partial charge in [-0.2, -0.15) is 0 Å². The van der Waals surface area contributed by atoms with Crippen molar-refractivity contribution in [1.29, 1.82) is 0 Å². The molecule has 0 aromatic heterocycles. The molecule has 6 heteroatoms. The maximum absolute atomic E-state index is 13.8. The average Bonchev–Trinajstić information content (AvgIpc) is 2.28. The predicted octanol–water partition coefficient (Wildman–Crippen LogP) is 2.06. The topological polar surface area (TPSA) is 81.4 Å². The summed E-state index contributed by atoms with van der Waals surface area (Å²) in [6, 6.07) is 3.62. The van der Waals surface area contributed by atoms with E-state index in [-0.39, 0.29) is 6.42 Å². The molecule has 2 amide bonds. The Hall–Kier alpha value is -2.11. The Bertz CT molecular complexity index is 538. The molecule has 0 bridgehead atoms. The quantitative estimate of drug-likeness (QED) is 0.892. The van der Waals surface area contributed by atoms with Crippen molar-refractivity contribution >= 4 is 12.0 Å². The number of rotatable bonds is 4. The van der Waals surface area contributed by atoms with E-state index < -0.39 is 29.5 Å². The van der Waals surface area contributed by atoms with Crippen LogP contribution in [0, 0.1) is 12.7 Å². The summed E-state index contributed by atoms with van der Waals surface area (Å²) >= 11 is 0. The van der Waals surface area contributed by atoms with Crippen LogP contribution in [0.3, 0.4) is 0 Å². The number of carbonyl (C=O) groups is 2. The van der Waals surface area contributed by atoms with Gasteiger partial charge in [-0.15, -0.1) is 0 Å². The van der Waals surface area contributed by atoms with Crippen LogP contribution < -0.4 is 11.1 Å². The number of ether oxygens (including phenoxy) is 1. The zero-order valence-corrected chi connectivity index (χ0v) is 12.7. The molecule has 0 aliphatic rings. The zero-order valence-electron chi connectivity index (χ0n) is 12.7. The van der Waals surface area contributed by atoms with Crippen molar-refractivity contribution < 1.29 is 18.7 Å². The molecular formula is C15H21FN2O3. The minimum Gasteiger partial charge on any atom is -0.444 e. The monoisotopic (exact) mass is 296 g/mol. The molecule has 1 atom stereocenters. The summed E-state index contributed by atoms with van der Waals surface area (Å²) < 4.78 is 18.8. The zero-order chi connectivity index (χ0) is 16.2. The van der Waals surface area contributed by atoms with E-state index >= 15 is 0 Å². The first-order chi connectivity index (χ1) is 9.58. The van der Waals surface area contributed by atoms with Gasteiger partial charge in [0.05, 0.1) is 0 Å². The maximum Gasteiger partial charge on any atom is 0.408 e. The fourth-order valence-electron chi connectivity index (χ4n) is 1.71. The molecule has 3 N–H and O–H groups in total. The van der Waals surface area contributed by atoms with E-state index in [1.165, 1.54) is 6.07 Å². The van der Waals surface area contributed by atoms with E-state index in [1.807, 2.05) is 0 Å². The van der Waals surface area contributed by atoms with Crippen LogP contribution in [-0.2, 0) is 16.0 Å². The molecule has 0 fully saturated rings. The van der Waals surface area contributed by atoms with Gasteiger partial charge in [-0.1, -0.05) is 12.1 Å². The number of nitrogens with two attached hydrogens (primary N) is 1. The van der Waals surface area contributed by atoms with Crippen molar-refractivity contribution in [3.05, 3.63) is 35.1 Å². The summed E-state index contributed by atoms with van der Waals surface area (Å²) in [5, 5.41) is 2.36. The number of alkyl carbamates (subject to hydrolysis) is 1. The summed E-state index contributed by atoms with van der Waals surface area (Å²) in [4.78, 5) is 23.1. The first-order valence-electron chi connectivity index (χ1n) is 6.62. The van der Waals surface area contributed by atoms with Gasteiger partial charge in [0.25, 0.3) is 0 Å². The van der Waals surface area contributed by atoms with Crippen molar-refractivity contribution in [1.82, 2.24) is 5.32 Å². The second-order valence-electron chi connectivity index (χ2n) is 5.90. The Morgan fingerprint density at radius 1 is 1.38 bits per heavy atom. The van der Waals surface area contributed by atoms with Gasteiger partial charge >= 0.3 is 6.09 Å². The van der Waals surface area contributed by atoms with Crippen LogP contribution in [0.25, 0.3) is 0 Å². The average molecular weight is 296 g/mol. The third-order valence-electron chi connectivity index (χ3n) is 2.67. The van der Waals surface area contributed by atoms with Gasteiger partial charge in [-0.05, 0) is 44.9 Å². The highest BCUT2D eigenvalue weighted by Crippen LogP contribution is 2.13. The minimum atomic E-state index is -1.03. The largest absolute Gasteiger partial charge is 0.444 e. The van der Waals surface area contributed by atoms with E-state index in [9.17, 15) is 14.0 Å². The Labute approximate surface area is 123 Å². The fourth-order valence-corrected chi connectivity index (χ4v) is 1.71. The highest BCUT2D eigenvalue weighted by molar-refractivity contribution is 5.84. The molecule has 0 unspecified atom stereocenters. The van der Waals surface area contributed by atoms with Gasteiger partial charge in [0.15, 0.2) is 0 Å². The number of hydrogen-bond acceptors (Lipinski definition) is 3. The number of carbonyl (C=O) groups excluding carboxylic acids is 2. The van der Waals surface area contributed by atoms with Gasteiger partial charge < -0.3 is 15.8 Å². The molecule has 0 saturated heterocycles. The number of amides is 2. The minimum absolute atomic E-state index is 0.0271. The van der Waals surface area contributed by atoms with Crippen LogP contribution in [0.2, 0.25) is 0 Å². The maximum atomic E-state index is 13.8. The smallest absolute Gasteiger partial charge is 0.408 e. The summed E-state index contributed by atoms with van der Waals surface area (Å²) in [7, 11) is 0. The number of nitrogens with one attached hydrogen (secondary N) is 1. The Morgan fingerprint density at radius 2 is 2.00 bits per heavy atom. The van der Waals surface area contributed by atoms with Crippen LogP contribution >= 0.6 is 0 Å². The molecule has 0 heterocycles. The van der Waals surface area contributed by atoms with Crippen molar-refractivity contribution in [2.45, 2.75) is 45.8 Å². The molecular weight excluding hydrogens is 275 g/mol. The standard InChI is InChI=1S/C15H21FN2O3/c1-9-5-6-10(11(16)7-9)8-12(13(17)19)18-14(20)21-15(2,3)4/h5-7,12H,8H2,1-4H3,(H2,17,19)(H,18,20)/t12-/m0/s1. The number of hydrogen-bond donors (Lipinski definition) is 2. The van der Waals surface area contributed by atoms with E-state index in [2.05, 4.69) is 5.32 Å². The van der Waals surface area contributed by atoms with Crippen molar-refractivity contribution in [3.63, 3.8) is 0 Å². The van der Waals surface area contributed by atoms with E-state index in [4.69, 9.17) is 10.5 Å². The first-order valence-corrected chi connectivity index (χ1v) is 6.62. The molecule has 116 valence electrons. The van der Waals surface area contributed by atoms with Crippen LogP contribution in [0.15, 0.2) is 18.2 Å². The van der Waals surface area contributed by atoms with Crippen molar-refractivity contribution in [2.75, 3.05) is 0 Å². The second kappa shape index (κ2) is 6.56. The molecule has 1 aromatic carbocycles. The fraction of sp³-hybridized carbons (Fsp3) is 0.467. The third kappa shape index (κ3) is 5.81. The number of aryl methyl sites for hydroxylation is 1. The highest BCUT2D eigenvalue weighted by atomic mass is 19.1. The molecule has 0 aliphatic carbocycles. The van der Waals surface area contributed by atoms with Crippen LogP contribution in [0.4, 0.5) is 9.18 Å². The van der Waals surface area contributed by atoms with Crippen LogP contribution in [-0.4, -0.2) is 23.6 Å². The molecule has 21 heavy (non-hydrogen) atoms. The summed E-state index contributed by atoms with van der Waals surface area (Å²) in [5.74, 6) is -1.19. The normalized spacial score (nSPS) is 12.6. The van der Waals surface area contributed by atoms with E-state index in [0.717, 1.165) is 5.56 Å². The number of primary amides is 1. The Morgan fingerprint density at radius 3 is 2.48 bits per heavy atom.